The maximum absolute atomic E-state index is 12.0. The van der Waals surface area contributed by atoms with Gasteiger partial charge < -0.3 is 9.15 Å². The van der Waals surface area contributed by atoms with E-state index in [1.807, 2.05) is 6.92 Å². The van der Waals surface area contributed by atoms with E-state index in [-0.39, 0.29) is 11.1 Å². The summed E-state index contributed by atoms with van der Waals surface area (Å²) in [4.78, 5) is 16.1. The largest absolute Gasteiger partial charge is 0.464 e. The van der Waals surface area contributed by atoms with E-state index in [9.17, 15) is 4.79 Å². The van der Waals surface area contributed by atoms with E-state index in [1.54, 1.807) is 6.92 Å². The lowest BCUT2D eigenvalue weighted by molar-refractivity contribution is 0.107. The van der Waals surface area contributed by atoms with E-state index in [4.69, 9.17) is 9.15 Å². The van der Waals surface area contributed by atoms with Gasteiger partial charge in [-0.25, -0.2) is 9.29 Å². The molecule has 0 saturated carbocycles. The van der Waals surface area contributed by atoms with Crippen LogP contribution >= 0.6 is 11.9 Å². The van der Waals surface area contributed by atoms with Crippen molar-refractivity contribution in [3.63, 3.8) is 0 Å². The number of aromatic nitrogens is 1. The SMILES string of the molecule is CCOc1oc(C)nc1C(=O)SN1CCCC1. The lowest BCUT2D eigenvalue weighted by Gasteiger charge is -2.10. The topological polar surface area (TPSA) is 55.6 Å². The van der Waals surface area contributed by atoms with Crippen molar-refractivity contribution in [2.24, 2.45) is 0 Å². The van der Waals surface area contributed by atoms with Crippen molar-refractivity contribution < 1.29 is 13.9 Å². The van der Waals surface area contributed by atoms with E-state index in [0.29, 0.717) is 18.2 Å². The Balaban J connectivity index is 2.06. The number of oxazole rings is 1. The summed E-state index contributed by atoms with van der Waals surface area (Å²) >= 11 is 1.21. The number of nitrogens with zero attached hydrogens (tertiary/aromatic N) is 2. The number of rotatable bonds is 4. The normalized spacial score (nSPS) is 16.4. The molecule has 0 atom stereocenters. The molecule has 2 heterocycles. The number of aryl methyl sites for hydroxylation is 1. The third-order valence-electron chi connectivity index (χ3n) is 2.45. The smallest absolute Gasteiger partial charge is 0.317 e. The Hall–Kier alpha value is -1.01. The van der Waals surface area contributed by atoms with Crippen LogP contribution in [-0.2, 0) is 0 Å². The molecule has 1 aliphatic rings. The molecular weight excluding hydrogens is 240 g/mol. The molecular formula is C11H16N2O3S. The van der Waals surface area contributed by atoms with Crippen molar-refractivity contribution in [1.29, 1.82) is 0 Å². The summed E-state index contributed by atoms with van der Waals surface area (Å²) in [6.07, 6.45) is 2.30. The standard InChI is InChI=1S/C11H16N2O3S/c1-3-15-11-9(12-8(2)16-11)10(14)17-13-6-4-5-7-13/h3-7H2,1-2H3. The second-order valence-corrected chi connectivity index (χ2v) is 4.89. The van der Waals surface area contributed by atoms with Crippen LogP contribution in [-0.4, -0.2) is 34.1 Å². The van der Waals surface area contributed by atoms with Crippen LogP contribution in [0.5, 0.6) is 5.95 Å². The van der Waals surface area contributed by atoms with Gasteiger partial charge in [0, 0.05) is 32.0 Å². The van der Waals surface area contributed by atoms with E-state index in [0.717, 1.165) is 25.9 Å². The lowest BCUT2D eigenvalue weighted by Crippen LogP contribution is -2.13. The van der Waals surface area contributed by atoms with Crippen LogP contribution < -0.4 is 4.74 Å². The van der Waals surface area contributed by atoms with Crippen LogP contribution in [0, 0.1) is 6.92 Å². The van der Waals surface area contributed by atoms with Gasteiger partial charge in [0.2, 0.25) is 5.69 Å². The molecule has 1 fully saturated rings. The fourth-order valence-electron chi connectivity index (χ4n) is 1.71. The Kier molecular flexibility index (Phi) is 4.06. The Morgan fingerprint density at radius 3 is 2.88 bits per heavy atom. The summed E-state index contributed by atoms with van der Waals surface area (Å²) in [5.74, 6) is 0.695. The van der Waals surface area contributed by atoms with Gasteiger partial charge in [-0.3, -0.25) is 4.79 Å². The Bertz CT molecular complexity index is 399. The maximum Gasteiger partial charge on any atom is 0.317 e. The zero-order valence-electron chi connectivity index (χ0n) is 10.1. The van der Waals surface area contributed by atoms with Gasteiger partial charge in [0.25, 0.3) is 5.12 Å². The molecule has 0 N–H and O–H groups in total. The molecule has 1 aromatic heterocycles. The molecule has 5 nitrogen and oxygen atoms in total. The van der Waals surface area contributed by atoms with Gasteiger partial charge in [-0.05, 0) is 19.8 Å². The van der Waals surface area contributed by atoms with Gasteiger partial charge in [-0.1, -0.05) is 0 Å². The van der Waals surface area contributed by atoms with Crippen molar-refractivity contribution in [3.05, 3.63) is 11.6 Å². The maximum atomic E-state index is 12.0. The van der Waals surface area contributed by atoms with Crippen LogP contribution in [0.3, 0.4) is 0 Å². The summed E-state index contributed by atoms with van der Waals surface area (Å²) in [6, 6.07) is 0. The third kappa shape index (κ3) is 3.01. The Labute approximate surface area is 105 Å². The van der Waals surface area contributed by atoms with Gasteiger partial charge >= 0.3 is 5.95 Å². The summed E-state index contributed by atoms with van der Waals surface area (Å²) in [7, 11) is 0. The summed E-state index contributed by atoms with van der Waals surface area (Å²) in [5.41, 5.74) is 0.293. The van der Waals surface area contributed by atoms with Crippen molar-refractivity contribution in [1.82, 2.24) is 9.29 Å². The molecule has 0 aromatic carbocycles. The minimum absolute atomic E-state index is 0.104. The number of ether oxygens (including phenoxy) is 1. The summed E-state index contributed by atoms with van der Waals surface area (Å²) in [6.45, 7) is 5.93. The fourth-order valence-corrected chi connectivity index (χ4v) is 2.60. The number of hydrogen-bond acceptors (Lipinski definition) is 6. The first-order chi connectivity index (χ1) is 8.20. The van der Waals surface area contributed by atoms with Crippen molar-refractivity contribution in [2.45, 2.75) is 26.7 Å². The number of carbonyl (C=O) groups excluding carboxylic acids is 1. The molecule has 0 unspecified atom stereocenters. The second-order valence-electron chi connectivity index (χ2n) is 3.82. The second kappa shape index (κ2) is 5.55. The first kappa shape index (κ1) is 12.4. The molecule has 17 heavy (non-hydrogen) atoms. The van der Waals surface area contributed by atoms with E-state index >= 15 is 0 Å². The predicted molar refractivity (Wildman–Crippen MR) is 65.1 cm³/mol. The quantitative estimate of drug-likeness (QED) is 0.770. The highest BCUT2D eigenvalue weighted by Crippen LogP contribution is 2.27. The molecule has 6 heteroatoms. The van der Waals surface area contributed by atoms with Gasteiger partial charge in [-0.15, -0.1) is 0 Å². The fraction of sp³-hybridized carbons (Fsp3) is 0.636. The van der Waals surface area contributed by atoms with Crippen molar-refractivity contribution in [3.8, 4) is 5.95 Å². The molecule has 0 radical (unpaired) electrons. The van der Waals surface area contributed by atoms with Gasteiger partial charge in [0.05, 0.1) is 6.61 Å². The highest BCUT2D eigenvalue weighted by molar-refractivity contribution is 8.12. The van der Waals surface area contributed by atoms with Crippen LogP contribution in [0.2, 0.25) is 0 Å². The zero-order valence-corrected chi connectivity index (χ0v) is 10.9. The minimum atomic E-state index is -0.104. The monoisotopic (exact) mass is 256 g/mol. The average molecular weight is 256 g/mol. The first-order valence-electron chi connectivity index (χ1n) is 5.78. The summed E-state index contributed by atoms with van der Waals surface area (Å²) in [5, 5.41) is -0.104. The Morgan fingerprint density at radius 2 is 2.24 bits per heavy atom. The molecule has 0 spiro atoms. The third-order valence-corrected chi connectivity index (χ3v) is 3.43. The van der Waals surface area contributed by atoms with Crippen LogP contribution in [0.1, 0.15) is 36.1 Å². The zero-order chi connectivity index (χ0) is 12.3. The molecule has 1 aliphatic heterocycles. The molecule has 0 amide bonds. The highest BCUT2D eigenvalue weighted by atomic mass is 32.2. The van der Waals surface area contributed by atoms with E-state index < -0.39 is 0 Å². The van der Waals surface area contributed by atoms with Crippen LogP contribution in [0.4, 0.5) is 0 Å². The number of hydrogen-bond donors (Lipinski definition) is 0. The highest BCUT2D eigenvalue weighted by Gasteiger charge is 2.24. The molecule has 1 aromatic rings. The lowest BCUT2D eigenvalue weighted by atomic mass is 10.4. The molecule has 1 saturated heterocycles. The van der Waals surface area contributed by atoms with Gasteiger partial charge in [0.1, 0.15) is 0 Å². The predicted octanol–water partition coefficient (Wildman–Crippen LogP) is 2.27. The van der Waals surface area contributed by atoms with Gasteiger partial charge in [-0.2, -0.15) is 0 Å². The Morgan fingerprint density at radius 1 is 1.53 bits per heavy atom. The number of carbonyl (C=O) groups is 1. The van der Waals surface area contributed by atoms with Gasteiger partial charge in [0.15, 0.2) is 5.89 Å². The van der Waals surface area contributed by atoms with E-state index in [2.05, 4.69) is 9.29 Å². The molecule has 0 bridgehead atoms. The molecule has 94 valence electrons. The molecule has 0 aliphatic carbocycles. The first-order valence-corrected chi connectivity index (χ1v) is 6.55. The van der Waals surface area contributed by atoms with E-state index in [1.165, 1.54) is 11.9 Å². The average Bonchev–Trinajstić information content (AvgIpc) is 2.88. The van der Waals surface area contributed by atoms with Crippen molar-refractivity contribution in [2.75, 3.05) is 19.7 Å². The van der Waals surface area contributed by atoms with Crippen LogP contribution in [0.15, 0.2) is 4.42 Å². The van der Waals surface area contributed by atoms with Crippen LogP contribution in [0.25, 0.3) is 0 Å². The molecule has 2 rings (SSSR count). The minimum Gasteiger partial charge on any atom is -0.464 e. The summed E-state index contributed by atoms with van der Waals surface area (Å²) < 4.78 is 12.6. The van der Waals surface area contributed by atoms with Crippen molar-refractivity contribution >= 4 is 17.1 Å².